The van der Waals surface area contributed by atoms with E-state index in [4.69, 9.17) is 9.47 Å². The summed E-state index contributed by atoms with van der Waals surface area (Å²) in [6, 6.07) is -1.32. The van der Waals surface area contributed by atoms with Crippen LogP contribution in [0.1, 0.15) is 39.0 Å². The van der Waals surface area contributed by atoms with Crippen LogP contribution in [0, 0.1) is 16.0 Å². The van der Waals surface area contributed by atoms with Gasteiger partial charge in [-0.15, -0.1) is 0 Å². The molecule has 2 unspecified atom stereocenters. The molecule has 3 fully saturated rings. The molecule has 5 atom stereocenters. The van der Waals surface area contributed by atoms with E-state index in [-0.39, 0.29) is 24.0 Å². The molecule has 4 bridgehead atoms. The second-order valence-corrected chi connectivity index (χ2v) is 6.17. The van der Waals surface area contributed by atoms with Crippen LogP contribution in [-0.2, 0) is 14.3 Å². The number of amides is 1. The van der Waals surface area contributed by atoms with Crippen molar-refractivity contribution in [2.45, 2.75) is 63.5 Å². The normalized spacial score (nSPS) is 37.9. The predicted octanol–water partition coefficient (Wildman–Crippen LogP) is 1.18. The molecule has 7 nitrogen and oxygen atoms in total. The molecule has 3 saturated heterocycles. The summed E-state index contributed by atoms with van der Waals surface area (Å²) in [5, 5.41) is 11.3. The summed E-state index contributed by atoms with van der Waals surface area (Å²) in [4.78, 5) is 25.1. The number of carbonyl (C=O) groups is 1. The number of rotatable bonds is 6. The number of ether oxygens (including phenoxy) is 2. The summed E-state index contributed by atoms with van der Waals surface area (Å²) in [7, 11) is 0. The van der Waals surface area contributed by atoms with Gasteiger partial charge in [-0.25, -0.2) is 0 Å². The number of piperidine rings is 1. The number of nitrogens with zero attached hydrogens (tertiary/aromatic N) is 2. The minimum absolute atomic E-state index is 0.154. The van der Waals surface area contributed by atoms with Crippen LogP contribution >= 0.6 is 0 Å². The predicted molar refractivity (Wildman–Crippen MR) is 73.1 cm³/mol. The lowest BCUT2D eigenvalue weighted by Gasteiger charge is -2.45. The fourth-order valence-electron chi connectivity index (χ4n) is 3.76. The maximum Gasteiger partial charge on any atom is 0.298 e. The van der Waals surface area contributed by atoms with Crippen LogP contribution in [-0.4, -0.2) is 53.4 Å². The third-order valence-corrected chi connectivity index (χ3v) is 4.86. The second kappa shape index (κ2) is 5.88. The fraction of sp³-hybridized carbons (Fsp3) is 0.929. The maximum atomic E-state index is 12.5. The largest absolute Gasteiger partial charge is 0.348 e. The van der Waals surface area contributed by atoms with E-state index in [2.05, 4.69) is 6.92 Å². The zero-order valence-corrected chi connectivity index (χ0v) is 12.3. The SMILES string of the molecule is CCCCCCN1C(=O)[C@@H]([N+](=O)[O-])[C@H]2CC1[C@@H]1OCC2O1. The van der Waals surface area contributed by atoms with Crippen LogP contribution in [0.25, 0.3) is 0 Å². The van der Waals surface area contributed by atoms with Crippen LogP contribution in [0.3, 0.4) is 0 Å². The monoisotopic (exact) mass is 298 g/mol. The topological polar surface area (TPSA) is 81.9 Å². The van der Waals surface area contributed by atoms with E-state index in [1.807, 2.05) is 0 Å². The van der Waals surface area contributed by atoms with Gasteiger partial charge in [-0.1, -0.05) is 26.2 Å². The van der Waals surface area contributed by atoms with Crippen molar-refractivity contribution in [3.63, 3.8) is 0 Å². The molecule has 0 radical (unpaired) electrons. The molecule has 0 aliphatic carbocycles. The molecule has 0 aromatic heterocycles. The zero-order valence-electron chi connectivity index (χ0n) is 12.3. The van der Waals surface area contributed by atoms with Crippen LogP contribution in [0.5, 0.6) is 0 Å². The molecule has 7 heteroatoms. The molecule has 1 amide bonds. The van der Waals surface area contributed by atoms with Crippen molar-refractivity contribution in [2.24, 2.45) is 5.92 Å². The lowest BCUT2D eigenvalue weighted by atomic mass is 9.81. The molecule has 3 aliphatic rings. The minimum atomic E-state index is -1.17. The van der Waals surface area contributed by atoms with Gasteiger partial charge in [-0.05, 0) is 12.8 Å². The molecule has 0 saturated carbocycles. The smallest absolute Gasteiger partial charge is 0.298 e. The number of nitro groups is 1. The highest BCUT2D eigenvalue weighted by molar-refractivity contribution is 5.82. The summed E-state index contributed by atoms with van der Waals surface area (Å²) in [5.41, 5.74) is 0. The number of hydrogen-bond donors (Lipinski definition) is 0. The highest BCUT2D eigenvalue weighted by Gasteiger charge is 2.60. The number of likely N-dealkylation sites (tertiary alicyclic amines) is 1. The van der Waals surface area contributed by atoms with Crippen molar-refractivity contribution in [2.75, 3.05) is 13.2 Å². The van der Waals surface area contributed by atoms with E-state index in [1.54, 1.807) is 4.90 Å². The Kier molecular flexibility index (Phi) is 4.12. The summed E-state index contributed by atoms with van der Waals surface area (Å²) < 4.78 is 11.3. The lowest BCUT2D eigenvalue weighted by molar-refractivity contribution is -0.525. The van der Waals surface area contributed by atoms with Crippen LogP contribution < -0.4 is 0 Å². The summed E-state index contributed by atoms with van der Waals surface area (Å²) >= 11 is 0. The summed E-state index contributed by atoms with van der Waals surface area (Å²) in [5.74, 6) is -0.690. The van der Waals surface area contributed by atoms with Gasteiger partial charge in [0.15, 0.2) is 6.29 Å². The molecule has 3 aliphatic heterocycles. The van der Waals surface area contributed by atoms with E-state index in [9.17, 15) is 14.9 Å². The van der Waals surface area contributed by atoms with Crippen molar-refractivity contribution in [3.05, 3.63) is 10.1 Å². The number of hydrogen-bond acceptors (Lipinski definition) is 5. The summed E-state index contributed by atoms with van der Waals surface area (Å²) in [6.45, 7) is 3.06. The van der Waals surface area contributed by atoms with Gasteiger partial charge in [-0.3, -0.25) is 14.9 Å². The Hall–Kier alpha value is -1.21. The van der Waals surface area contributed by atoms with Crippen LogP contribution in [0.4, 0.5) is 0 Å². The molecule has 0 N–H and O–H groups in total. The Balaban J connectivity index is 1.75. The number of fused-ring (bicyclic) bond motifs is 6. The molecule has 21 heavy (non-hydrogen) atoms. The van der Waals surface area contributed by atoms with Crippen molar-refractivity contribution < 1.29 is 19.2 Å². The Bertz CT molecular complexity index is 430. The standard InChI is InChI=1S/C14H22N2O5/c1-2-3-4-5-6-15-10-7-9(11-8-20-14(10)21-11)12(13(15)17)16(18)19/h9-12,14H,2-8H2,1H3/t9-,10?,11?,12-,14+/m0/s1. The third kappa shape index (κ3) is 2.53. The first kappa shape index (κ1) is 14.7. The van der Waals surface area contributed by atoms with Crippen LogP contribution in [0.15, 0.2) is 0 Å². The van der Waals surface area contributed by atoms with Crippen molar-refractivity contribution in [3.8, 4) is 0 Å². The maximum absolute atomic E-state index is 12.5. The van der Waals surface area contributed by atoms with Gasteiger partial charge in [0.25, 0.3) is 11.9 Å². The van der Waals surface area contributed by atoms with Gasteiger partial charge >= 0.3 is 0 Å². The Morgan fingerprint density at radius 2 is 2.19 bits per heavy atom. The van der Waals surface area contributed by atoms with Gasteiger partial charge < -0.3 is 14.4 Å². The highest BCUT2D eigenvalue weighted by Crippen LogP contribution is 2.41. The van der Waals surface area contributed by atoms with E-state index in [0.29, 0.717) is 19.6 Å². The van der Waals surface area contributed by atoms with Gasteiger partial charge in [0.2, 0.25) is 0 Å². The molecule has 3 rings (SSSR count). The van der Waals surface area contributed by atoms with Crippen molar-refractivity contribution in [1.82, 2.24) is 4.90 Å². The zero-order chi connectivity index (χ0) is 15.0. The van der Waals surface area contributed by atoms with E-state index in [1.165, 1.54) is 0 Å². The minimum Gasteiger partial charge on any atom is -0.348 e. The van der Waals surface area contributed by atoms with Crippen molar-refractivity contribution >= 4 is 5.91 Å². The van der Waals surface area contributed by atoms with E-state index < -0.39 is 17.3 Å². The first-order chi connectivity index (χ1) is 10.1. The number of carbonyl (C=O) groups excluding carboxylic acids is 1. The van der Waals surface area contributed by atoms with E-state index >= 15 is 0 Å². The average Bonchev–Trinajstić information content (AvgIpc) is 2.88. The van der Waals surface area contributed by atoms with Gasteiger partial charge in [0.05, 0.1) is 24.7 Å². The molecule has 3 heterocycles. The quantitative estimate of drug-likeness (QED) is 0.418. The molecule has 118 valence electrons. The molecule has 0 spiro atoms. The Morgan fingerprint density at radius 1 is 1.38 bits per heavy atom. The van der Waals surface area contributed by atoms with E-state index in [0.717, 1.165) is 25.7 Å². The molecular formula is C14H22N2O5. The number of unbranched alkanes of at least 4 members (excludes halogenated alkanes) is 3. The van der Waals surface area contributed by atoms with Gasteiger partial charge in [-0.2, -0.15) is 0 Å². The van der Waals surface area contributed by atoms with Gasteiger partial charge in [0, 0.05) is 11.5 Å². The Labute approximate surface area is 123 Å². The van der Waals surface area contributed by atoms with Gasteiger partial charge in [0.1, 0.15) is 0 Å². The lowest BCUT2D eigenvalue weighted by Crippen LogP contribution is -2.64. The van der Waals surface area contributed by atoms with Crippen molar-refractivity contribution in [1.29, 1.82) is 0 Å². The van der Waals surface area contributed by atoms with Crippen LogP contribution in [0.2, 0.25) is 0 Å². The Morgan fingerprint density at radius 3 is 2.90 bits per heavy atom. The molecule has 0 aromatic rings. The summed E-state index contributed by atoms with van der Waals surface area (Å²) in [6.07, 6.45) is 4.08. The third-order valence-electron chi connectivity index (χ3n) is 4.86. The average molecular weight is 298 g/mol. The first-order valence-electron chi connectivity index (χ1n) is 7.84. The second-order valence-electron chi connectivity index (χ2n) is 6.17. The fourth-order valence-corrected chi connectivity index (χ4v) is 3.76. The molecular weight excluding hydrogens is 276 g/mol. The molecule has 0 aromatic carbocycles. The highest BCUT2D eigenvalue weighted by atomic mass is 16.7. The first-order valence-corrected chi connectivity index (χ1v) is 7.84.